The summed E-state index contributed by atoms with van der Waals surface area (Å²) in [6.45, 7) is 7.38. The van der Waals surface area contributed by atoms with Crippen LogP contribution in [-0.4, -0.2) is 29.2 Å². The van der Waals surface area contributed by atoms with E-state index in [9.17, 15) is 9.59 Å². The maximum atomic E-state index is 11.9. The van der Waals surface area contributed by atoms with Gasteiger partial charge in [-0.25, -0.2) is 9.59 Å². The maximum Gasteiger partial charge on any atom is 0.326 e. The molecule has 0 bridgehead atoms. The average Bonchev–Trinajstić information content (AvgIpc) is 2.77. The van der Waals surface area contributed by atoms with E-state index in [0.29, 0.717) is 5.92 Å². The first-order chi connectivity index (χ1) is 8.71. The van der Waals surface area contributed by atoms with Crippen molar-refractivity contribution in [3.8, 4) is 0 Å². The van der Waals surface area contributed by atoms with Gasteiger partial charge in [-0.3, -0.25) is 0 Å². The summed E-state index contributed by atoms with van der Waals surface area (Å²) in [5, 5.41) is 14.6. The lowest BCUT2D eigenvalue weighted by Gasteiger charge is -2.29. The highest BCUT2D eigenvalue weighted by Gasteiger charge is 2.33. The lowest BCUT2D eigenvalue weighted by molar-refractivity contribution is -0.141. The van der Waals surface area contributed by atoms with Gasteiger partial charge in [-0.05, 0) is 31.1 Å². The number of hydrogen-bond acceptors (Lipinski definition) is 2. The minimum Gasteiger partial charge on any atom is -0.480 e. The number of hydrogen-bond donors (Lipinski definition) is 3. The van der Waals surface area contributed by atoms with Crippen molar-refractivity contribution in [2.75, 3.05) is 0 Å². The van der Waals surface area contributed by atoms with Crippen molar-refractivity contribution in [1.82, 2.24) is 10.6 Å². The second-order valence-corrected chi connectivity index (χ2v) is 6.59. The number of rotatable bonds is 4. The molecule has 1 aliphatic rings. The summed E-state index contributed by atoms with van der Waals surface area (Å²) in [7, 11) is 0. The van der Waals surface area contributed by atoms with Crippen molar-refractivity contribution in [2.24, 2.45) is 11.3 Å². The lowest BCUT2D eigenvalue weighted by atomic mass is 9.87. The average molecular weight is 270 g/mol. The molecule has 0 aromatic heterocycles. The Kier molecular flexibility index (Phi) is 5.20. The summed E-state index contributed by atoms with van der Waals surface area (Å²) in [6.07, 6.45) is 4.72. The molecule has 2 amide bonds. The number of carbonyl (C=O) groups excluding carboxylic acids is 1. The minimum atomic E-state index is -1.00. The highest BCUT2D eigenvalue weighted by Crippen LogP contribution is 2.27. The van der Waals surface area contributed by atoms with Crippen LogP contribution in [0.4, 0.5) is 4.79 Å². The van der Waals surface area contributed by atoms with Crippen LogP contribution in [0.3, 0.4) is 0 Å². The number of carbonyl (C=O) groups is 2. The zero-order valence-electron chi connectivity index (χ0n) is 12.3. The van der Waals surface area contributed by atoms with E-state index in [1.54, 1.807) is 20.8 Å². The van der Waals surface area contributed by atoms with Gasteiger partial charge in [0, 0.05) is 6.04 Å². The Balaban J connectivity index is 2.50. The first kappa shape index (κ1) is 15.8. The van der Waals surface area contributed by atoms with E-state index >= 15 is 0 Å². The smallest absolute Gasteiger partial charge is 0.326 e. The molecule has 2 atom stereocenters. The molecule has 110 valence electrons. The molecular weight excluding hydrogens is 244 g/mol. The number of amides is 2. The third kappa shape index (κ3) is 4.73. The van der Waals surface area contributed by atoms with E-state index in [2.05, 4.69) is 10.6 Å². The molecule has 0 aromatic carbocycles. The monoisotopic (exact) mass is 270 g/mol. The Morgan fingerprint density at radius 3 is 2.11 bits per heavy atom. The summed E-state index contributed by atoms with van der Waals surface area (Å²) in [4.78, 5) is 23.1. The van der Waals surface area contributed by atoms with Crippen molar-refractivity contribution >= 4 is 12.0 Å². The number of aliphatic carboxylic acids is 1. The summed E-state index contributed by atoms with van der Waals surface area (Å²) in [5.74, 6) is -0.486. The van der Waals surface area contributed by atoms with Crippen molar-refractivity contribution in [3.05, 3.63) is 0 Å². The summed E-state index contributed by atoms with van der Waals surface area (Å²) in [5.41, 5.74) is -0.514. The Morgan fingerprint density at radius 2 is 1.68 bits per heavy atom. The first-order valence-corrected chi connectivity index (χ1v) is 7.01. The Morgan fingerprint density at radius 1 is 1.16 bits per heavy atom. The van der Waals surface area contributed by atoms with Crippen LogP contribution in [-0.2, 0) is 4.79 Å². The Labute approximate surface area is 115 Å². The molecule has 5 nitrogen and oxygen atoms in total. The Bertz CT molecular complexity index is 330. The molecule has 1 aliphatic carbocycles. The van der Waals surface area contributed by atoms with Gasteiger partial charge in [-0.1, -0.05) is 33.6 Å². The Hall–Kier alpha value is -1.26. The first-order valence-electron chi connectivity index (χ1n) is 7.01. The zero-order chi connectivity index (χ0) is 14.6. The van der Waals surface area contributed by atoms with Crippen LogP contribution in [0.5, 0.6) is 0 Å². The molecule has 0 heterocycles. The van der Waals surface area contributed by atoms with Crippen LogP contribution in [0.15, 0.2) is 0 Å². The fraction of sp³-hybridized carbons (Fsp3) is 0.857. The largest absolute Gasteiger partial charge is 0.480 e. The summed E-state index contributed by atoms with van der Waals surface area (Å²) in [6, 6.07) is -1.18. The van der Waals surface area contributed by atoms with Crippen molar-refractivity contribution in [2.45, 2.75) is 65.5 Å². The summed E-state index contributed by atoms with van der Waals surface area (Å²) >= 11 is 0. The predicted molar refractivity (Wildman–Crippen MR) is 74.0 cm³/mol. The van der Waals surface area contributed by atoms with E-state index < -0.39 is 17.4 Å². The van der Waals surface area contributed by atoms with Gasteiger partial charge in [-0.2, -0.15) is 0 Å². The molecule has 19 heavy (non-hydrogen) atoms. The standard InChI is InChI=1S/C14H26N2O3/c1-9(10-7-5-6-8-10)15-13(19)16-11(12(17)18)14(2,3)4/h9-11H,5-8H2,1-4H3,(H,17,18)(H2,15,16,19). The van der Waals surface area contributed by atoms with Crippen LogP contribution in [0, 0.1) is 11.3 Å². The van der Waals surface area contributed by atoms with Crippen LogP contribution >= 0.6 is 0 Å². The second-order valence-electron chi connectivity index (χ2n) is 6.59. The van der Waals surface area contributed by atoms with E-state index in [-0.39, 0.29) is 12.1 Å². The van der Waals surface area contributed by atoms with E-state index in [4.69, 9.17) is 5.11 Å². The predicted octanol–water partition coefficient (Wildman–Crippen LogP) is 2.36. The van der Waals surface area contributed by atoms with E-state index in [1.165, 1.54) is 12.8 Å². The molecule has 0 saturated heterocycles. The van der Waals surface area contributed by atoms with Crippen molar-refractivity contribution in [3.63, 3.8) is 0 Å². The molecule has 5 heteroatoms. The van der Waals surface area contributed by atoms with E-state index in [1.807, 2.05) is 6.92 Å². The molecule has 1 saturated carbocycles. The van der Waals surface area contributed by atoms with Gasteiger partial charge in [0.15, 0.2) is 0 Å². The van der Waals surface area contributed by atoms with Gasteiger partial charge in [0.05, 0.1) is 0 Å². The highest BCUT2D eigenvalue weighted by molar-refractivity contribution is 5.83. The van der Waals surface area contributed by atoms with Crippen LogP contribution in [0.25, 0.3) is 0 Å². The molecule has 2 unspecified atom stereocenters. The number of carboxylic acid groups (broad SMARTS) is 1. The molecule has 0 spiro atoms. The minimum absolute atomic E-state index is 0.0944. The topological polar surface area (TPSA) is 78.4 Å². The molecule has 3 N–H and O–H groups in total. The SMILES string of the molecule is CC(NC(=O)NC(C(=O)O)C(C)(C)C)C1CCCC1. The normalized spacial score (nSPS) is 19.8. The van der Waals surface area contributed by atoms with Crippen molar-refractivity contribution in [1.29, 1.82) is 0 Å². The third-order valence-corrected chi connectivity index (χ3v) is 3.85. The quantitative estimate of drug-likeness (QED) is 0.733. The number of carboxylic acids is 1. The fourth-order valence-corrected chi connectivity index (χ4v) is 2.60. The van der Waals surface area contributed by atoms with Crippen LogP contribution < -0.4 is 10.6 Å². The molecular formula is C14H26N2O3. The van der Waals surface area contributed by atoms with Crippen molar-refractivity contribution < 1.29 is 14.7 Å². The fourth-order valence-electron chi connectivity index (χ4n) is 2.60. The maximum absolute atomic E-state index is 11.9. The van der Waals surface area contributed by atoms with Crippen LogP contribution in [0.1, 0.15) is 53.4 Å². The molecule has 0 aliphatic heterocycles. The molecule has 0 aromatic rings. The van der Waals surface area contributed by atoms with Gasteiger partial charge in [-0.15, -0.1) is 0 Å². The molecule has 0 radical (unpaired) electrons. The summed E-state index contributed by atoms with van der Waals surface area (Å²) < 4.78 is 0. The highest BCUT2D eigenvalue weighted by atomic mass is 16.4. The van der Waals surface area contributed by atoms with Gasteiger partial charge in [0.25, 0.3) is 0 Å². The van der Waals surface area contributed by atoms with Gasteiger partial charge >= 0.3 is 12.0 Å². The zero-order valence-corrected chi connectivity index (χ0v) is 12.3. The second kappa shape index (κ2) is 6.26. The lowest BCUT2D eigenvalue weighted by Crippen LogP contribution is -2.54. The number of nitrogens with one attached hydrogen (secondary N) is 2. The number of urea groups is 1. The molecule has 1 fully saturated rings. The molecule has 1 rings (SSSR count). The third-order valence-electron chi connectivity index (χ3n) is 3.85. The van der Waals surface area contributed by atoms with E-state index in [0.717, 1.165) is 12.8 Å². The van der Waals surface area contributed by atoms with Crippen LogP contribution in [0.2, 0.25) is 0 Å². The van der Waals surface area contributed by atoms with Gasteiger partial charge in [0.2, 0.25) is 0 Å². The van der Waals surface area contributed by atoms with Gasteiger partial charge in [0.1, 0.15) is 6.04 Å². The van der Waals surface area contributed by atoms with Gasteiger partial charge < -0.3 is 15.7 Å².